The van der Waals surface area contributed by atoms with Gasteiger partial charge in [0.25, 0.3) is 11.6 Å². The van der Waals surface area contributed by atoms with E-state index in [0.717, 1.165) is 0 Å². The van der Waals surface area contributed by atoms with Gasteiger partial charge in [0.05, 0.1) is 17.0 Å². The highest BCUT2D eigenvalue weighted by molar-refractivity contribution is 7.71. The van der Waals surface area contributed by atoms with Crippen LogP contribution in [-0.2, 0) is 13.0 Å². The van der Waals surface area contributed by atoms with E-state index in [1.807, 2.05) is 0 Å². The number of amides is 1. The van der Waals surface area contributed by atoms with Crippen molar-refractivity contribution in [3.63, 3.8) is 0 Å². The number of hydrogen-bond acceptors (Lipinski definition) is 7. The Balaban J connectivity index is 1.78. The lowest BCUT2D eigenvalue weighted by Gasteiger charge is -2.05. The molecule has 0 fully saturated rings. The molecule has 0 atom stereocenters. The van der Waals surface area contributed by atoms with E-state index in [4.69, 9.17) is 12.2 Å². The minimum Gasteiger partial charge on any atom is -0.300 e. The second kappa shape index (κ2) is 8.23. The van der Waals surface area contributed by atoms with Gasteiger partial charge in [0.15, 0.2) is 9.90 Å². The molecule has 0 saturated carbocycles. The monoisotopic (exact) mass is 416 g/mol. The number of aromatic amines is 1. The fourth-order valence-corrected chi connectivity index (χ4v) is 3.59. The normalized spacial score (nSPS) is 10.6. The zero-order valence-electron chi connectivity index (χ0n) is 14.8. The third-order valence-corrected chi connectivity index (χ3v) is 5.04. The van der Waals surface area contributed by atoms with Crippen molar-refractivity contribution in [2.24, 2.45) is 0 Å². The van der Waals surface area contributed by atoms with E-state index in [2.05, 4.69) is 27.1 Å². The molecule has 0 aliphatic carbocycles. The van der Waals surface area contributed by atoms with E-state index in [9.17, 15) is 14.9 Å². The molecule has 3 rings (SSSR count). The maximum atomic E-state index is 12.5. The number of nitro groups is 1. The number of aromatic nitrogens is 4. The molecule has 2 heterocycles. The zero-order chi connectivity index (χ0) is 20.3. The first-order valence-electron chi connectivity index (χ1n) is 8.15. The highest BCUT2D eigenvalue weighted by Crippen LogP contribution is 2.25. The van der Waals surface area contributed by atoms with Crippen LogP contribution in [0.15, 0.2) is 36.2 Å². The van der Waals surface area contributed by atoms with Crippen LogP contribution >= 0.6 is 23.6 Å². The molecular weight excluding hydrogens is 400 g/mol. The molecule has 0 unspecified atom stereocenters. The van der Waals surface area contributed by atoms with Gasteiger partial charge in [-0.15, -0.1) is 17.9 Å². The quantitative estimate of drug-likeness (QED) is 0.263. The minimum atomic E-state index is -0.578. The molecule has 1 amide bonds. The van der Waals surface area contributed by atoms with Crippen molar-refractivity contribution in [1.29, 1.82) is 0 Å². The number of benzene rings is 1. The molecule has 3 aromatic rings. The summed E-state index contributed by atoms with van der Waals surface area (Å²) in [4.78, 5) is 27.6. The van der Waals surface area contributed by atoms with Gasteiger partial charge >= 0.3 is 0 Å². The fourth-order valence-electron chi connectivity index (χ4n) is 2.66. The summed E-state index contributed by atoms with van der Waals surface area (Å²) in [5.74, 6) is 0.119. The van der Waals surface area contributed by atoms with Gasteiger partial charge in [0.2, 0.25) is 0 Å². The van der Waals surface area contributed by atoms with Crippen molar-refractivity contribution in [3.05, 3.63) is 73.8 Å². The number of para-hydroxylation sites is 1. The van der Waals surface area contributed by atoms with Gasteiger partial charge in [0, 0.05) is 17.5 Å². The molecule has 2 aromatic heterocycles. The molecule has 0 aliphatic rings. The standard InChI is InChI=1S/C17H16N6O3S2/c1-3-7-22-13(20-21-17(22)27)8-11-9-28-16(18-11)19-15(24)12-6-4-5-10(2)14(12)23(25)26/h3-6,9H,1,7-8H2,2H3,(H,21,27)(H,18,19,24). The summed E-state index contributed by atoms with van der Waals surface area (Å²) in [6.45, 7) is 5.81. The van der Waals surface area contributed by atoms with Crippen molar-refractivity contribution < 1.29 is 9.72 Å². The van der Waals surface area contributed by atoms with E-state index in [1.54, 1.807) is 35.1 Å². The molecule has 0 radical (unpaired) electrons. The highest BCUT2D eigenvalue weighted by Gasteiger charge is 2.23. The smallest absolute Gasteiger partial charge is 0.285 e. The number of nitro benzene ring substituents is 1. The predicted molar refractivity (Wildman–Crippen MR) is 108 cm³/mol. The van der Waals surface area contributed by atoms with Crippen LogP contribution < -0.4 is 5.32 Å². The summed E-state index contributed by atoms with van der Waals surface area (Å²) in [6, 6.07) is 4.61. The summed E-state index contributed by atoms with van der Waals surface area (Å²) >= 11 is 6.41. The number of allylic oxidation sites excluding steroid dienone is 1. The summed E-state index contributed by atoms with van der Waals surface area (Å²) < 4.78 is 2.29. The van der Waals surface area contributed by atoms with Crippen LogP contribution in [0, 0.1) is 21.8 Å². The Kier molecular flexibility index (Phi) is 5.76. The number of carbonyl (C=O) groups is 1. The van der Waals surface area contributed by atoms with Gasteiger partial charge in [-0.25, -0.2) is 4.98 Å². The van der Waals surface area contributed by atoms with Gasteiger partial charge in [-0.05, 0) is 25.2 Å². The molecule has 2 N–H and O–H groups in total. The number of aryl methyl sites for hydroxylation is 1. The van der Waals surface area contributed by atoms with E-state index in [1.165, 1.54) is 17.4 Å². The van der Waals surface area contributed by atoms with Gasteiger partial charge in [-0.1, -0.05) is 18.2 Å². The van der Waals surface area contributed by atoms with Gasteiger partial charge in [-0.3, -0.25) is 29.9 Å². The summed E-state index contributed by atoms with van der Waals surface area (Å²) in [6.07, 6.45) is 2.13. The van der Waals surface area contributed by atoms with Crippen LogP contribution in [0.1, 0.15) is 27.4 Å². The second-order valence-electron chi connectivity index (χ2n) is 5.85. The highest BCUT2D eigenvalue weighted by atomic mass is 32.1. The molecular formula is C17H16N6O3S2. The second-order valence-corrected chi connectivity index (χ2v) is 7.09. The molecule has 0 bridgehead atoms. The number of anilines is 1. The summed E-state index contributed by atoms with van der Waals surface area (Å²) in [5.41, 5.74) is 0.895. The third-order valence-electron chi connectivity index (χ3n) is 3.93. The van der Waals surface area contributed by atoms with Crippen LogP contribution in [0.3, 0.4) is 0 Å². The Bertz CT molecular complexity index is 1110. The number of H-pyrrole nitrogens is 1. The van der Waals surface area contributed by atoms with Crippen LogP contribution in [0.2, 0.25) is 0 Å². The van der Waals surface area contributed by atoms with E-state index in [0.29, 0.717) is 39.9 Å². The average Bonchev–Trinajstić information content (AvgIpc) is 3.23. The lowest BCUT2D eigenvalue weighted by molar-refractivity contribution is -0.385. The van der Waals surface area contributed by atoms with Crippen molar-refractivity contribution in [2.75, 3.05) is 5.32 Å². The first-order valence-corrected chi connectivity index (χ1v) is 9.44. The van der Waals surface area contributed by atoms with Crippen molar-refractivity contribution >= 4 is 40.3 Å². The Labute approximate surface area is 168 Å². The summed E-state index contributed by atoms with van der Waals surface area (Å²) in [5, 5.41) is 23.0. The van der Waals surface area contributed by atoms with Gasteiger partial charge in [0.1, 0.15) is 11.4 Å². The number of thiazole rings is 1. The van der Waals surface area contributed by atoms with Crippen molar-refractivity contribution in [2.45, 2.75) is 19.9 Å². The van der Waals surface area contributed by atoms with E-state index < -0.39 is 10.8 Å². The Hall–Kier alpha value is -3.18. The van der Waals surface area contributed by atoms with Crippen molar-refractivity contribution in [1.82, 2.24) is 19.7 Å². The lowest BCUT2D eigenvalue weighted by atomic mass is 10.1. The number of carbonyl (C=O) groups excluding carboxylic acids is 1. The molecule has 0 spiro atoms. The van der Waals surface area contributed by atoms with Gasteiger partial charge < -0.3 is 0 Å². The van der Waals surface area contributed by atoms with Crippen molar-refractivity contribution in [3.8, 4) is 0 Å². The molecule has 9 nitrogen and oxygen atoms in total. The Morgan fingerprint density at radius 3 is 3.04 bits per heavy atom. The van der Waals surface area contributed by atoms with E-state index in [-0.39, 0.29) is 11.3 Å². The molecule has 0 aliphatic heterocycles. The van der Waals surface area contributed by atoms with Crippen LogP contribution in [0.4, 0.5) is 10.8 Å². The molecule has 11 heteroatoms. The van der Waals surface area contributed by atoms with E-state index >= 15 is 0 Å². The van der Waals surface area contributed by atoms with Gasteiger partial charge in [-0.2, -0.15) is 5.10 Å². The number of hydrogen-bond donors (Lipinski definition) is 2. The van der Waals surface area contributed by atoms with Crippen LogP contribution in [-0.4, -0.2) is 30.6 Å². The minimum absolute atomic E-state index is 0.00590. The maximum Gasteiger partial charge on any atom is 0.285 e. The Morgan fingerprint density at radius 1 is 1.54 bits per heavy atom. The largest absolute Gasteiger partial charge is 0.300 e. The molecule has 1 aromatic carbocycles. The Morgan fingerprint density at radius 2 is 2.32 bits per heavy atom. The lowest BCUT2D eigenvalue weighted by Crippen LogP contribution is -2.14. The average molecular weight is 416 g/mol. The van der Waals surface area contributed by atoms with Crippen LogP contribution in [0.25, 0.3) is 0 Å². The summed E-state index contributed by atoms with van der Waals surface area (Å²) in [7, 11) is 0. The first kappa shape index (κ1) is 19.6. The number of nitrogens with one attached hydrogen (secondary N) is 2. The fraction of sp³-hybridized carbons (Fsp3) is 0.176. The predicted octanol–water partition coefficient (Wildman–Crippen LogP) is 3.64. The van der Waals surface area contributed by atoms with Crippen LogP contribution in [0.5, 0.6) is 0 Å². The molecule has 144 valence electrons. The first-order chi connectivity index (χ1) is 13.4. The number of rotatable bonds is 7. The SMILES string of the molecule is C=CCn1c(Cc2csc(NC(=O)c3cccc(C)c3[N+](=O)[O-])n2)n[nH]c1=S. The third kappa shape index (κ3) is 4.05. The zero-order valence-corrected chi connectivity index (χ0v) is 16.5. The molecule has 28 heavy (non-hydrogen) atoms. The maximum absolute atomic E-state index is 12.5. The number of nitrogens with zero attached hydrogens (tertiary/aromatic N) is 4. The molecule has 0 saturated heterocycles. The topological polar surface area (TPSA) is 119 Å².